The van der Waals surface area contributed by atoms with Gasteiger partial charge in [-0.05, 0) is 115 Å². The summed E-state index contributed by atoms with van der Waals surface area (Å²) in [5.74, 6) is 0.673. The Labute approximate surface area is 395 Å². The molecule has 0 saturated carbocycles. The average molecular weight is 867 g/mol. The maximum Gasteiger partial charge on any atom is 0.160 e. The van der Waals surface area contributed by atoms with Gasteiger partial charge in [-0.25, -0.2) is 9.97 Å². The van der Waals surface area contributed by atoms with E-state index < -0.39 is 5.41 Å². The van der Waals surface area contributed by atoms with Crippen molar-refractivity contribution in [3.63, 3.8) is 0 Å². The van der Waals surface area contributed by atoms with Crippen LogP contribution in [0.4, 0.5) is 0 Å². The second-order valence-corrected chi connectivity index (χ2v) is 17.6. The molecule has 0 aliphatic heterocycles. The van der Waals surface area contributed by atoms with Gasteiger partial charge in [-0.3, -0.25) is 0 Å². The van der Waals surface area contributed by atoms with Gasteiger partial charge in [-0.15, -0.1) is 0 Å². The molecule has 0 bridgehead atoms. The minimum absolute atomic E-state index is 0.511. The minimum Gasteiger partial charge on any atom is -0.456 e. The smallest absolute Gasteiger partial charge is 0.160 e. The molecule has 0 fully saturated rings. The van der Waals surface area contributed by atoms with Gasteiger partial charge in [-0.1, -0.05) is 206 Å². The number of aromatic nitrogens is 2. The molecule has 2 aromatic heterocycles. The maximum atomic E-state index is 6.19. The fourth-order valence-corrected chi connectivity index (χ4v) is 10.7. The third-order valence-electron chi connectivity index (χ3n) is 13.8. The molecule has 0 spiro atoms. The standard InChI is InChI=1S/C65H42N2O/c1-5-19-43(20-6-1)48-38-49(53-31-18-33-58-63(53)55-30-13-15-32-57(55)65(58,51-25-9-3-10-26-51)52-27-11-4-12-28-52)40-50(39-48)60-42-59(66-64(67-60)44-21-7-2-8-22-44)47-24-17-23-45(37-47)46-35-36-62-56(41-46)54-29-14-16-34-61(54)68-62/h1-42H. The SMILES string of the molecule is c1ccc(-c2cc(-c3cc(-c4cccc(-c5ccc6oc7ccccc7c6c5)c4)nc(-c4ccccc4)n3)cc(-c3cccc4c3-c3ccccc3C4(c3ccccc3)c3ccccc3)c2)cc1. The molecule has 0 N–H and O–H groups in total. The summed E-state index contributed by atoms with van der Waals surface area (Å²) in [5.41, 5.74) is 20.2. The summed E-state index contributed by atoms with van der Waals surface area (Å²) >= 11 is 0. The molecule has 1 aliphatic carbocycles. The van der Waals surface area contributed by atoms with Crippen LogP contribution in [0.5, 0.6) is 0 Å². The number of furan rings is 1. The normalized spacial score (nSPS) is 12.5. The molecule has 0 saturated heterocycles. The topological polar surface area (TPSA) is 38.9 Å². The van der Waals surface area contributed by atoms with E-state index in [0.29, 0.717) is 5.82 Å². The van der Waals surface area contributed by atoms with E-state index in [9.17, 15) is 0 Å². The second-order valence-electron chi connectivity index (χ2n) is 17.6. The van der Waals surface area contributed by atoms with E-state index >= 15 is 0 Å². The van der Waals surface area contributed by atoms with Gasteiger partial charge in [0.05, 0.1) is 16.8 Å². The Bertz CT molecular complexity index is 3800. The lowest BCUT2D eigenvalue weighted by atomic mass is 9.67. The maximum absolute atomic E-state index is 6.19. The van der Waals surface area contributed by atoms with Crippen LogP contribution >= 0.6 is 0 Å². The predicted octanol–water partition coefficient (Wildman–Crippen LogP) is 16.7. The Balaban J connectivity index is 1.02. The minimum atomic E-state index is -0.511. The first-order valence-corrected chi connectivity index (χ1v) is 23.2. The van der Waals surface area contributed by atoms with Gasteiger partial charge >= 0.3 is 0 Å². The summed E-state index contributed by atoms with van der Waals surface area (Å²) in [6, 6.07) is 91.4. The Kier molecular flexibility index (Phi) is 9.40. The van der Waals surface area contributed by atoms with Crippen LogP contribution in [0.15, 0.2) is 259 Å². The van der Waals surface area contributed by atoms with E-state index in [2.05, 4.69) is 224 Å². The summed E-state index contributed by atoms with van der Waals surface area (Å²) in [7, 11) is 0. The second kappa shape index (κ2) is 16.2. The molecular weight excluding hydrogens is 825 g/mol. The van der Waals surface area contributed by atoms with Crippen LogP contribution in [0.1, 0.15) is 22.3 Å². The van der Waals surface area contributed by atoms with Gasteiger partial charge in [0.25, 0.3) is 0 Å². The largest absolute Gasteiger partial charge is 0.456 e. The molecular formula is C65H42N2O. The van der Waals surface area contributed by atoms with E-state index in [-0.39, 0.29) is 0 Å². The van der Waals surface area contributed by atoms with Crippen LogP contribution < -0.4 is 0 Å². The first-order chi connectivity index (χ1) is 33.7. The monoisotopic (exact) mass is 866 g/mol. The highest BCUT2D eigenvalue weighted by atomic mass is 16.3. The molecule has 0 radical (unpaired) electrons. The number of nitrogens with zero attached hydrogens (tertiary/aromatic N) is 2. The first kappa shape index (κ1) is 39.4. The number of hydrogen-bond donors (Lipinski definition) is 0. The molecule has 3 nitrogen and oxygen atoms in total. The fraction of sp³-hybridized carbons (Fsp3) is 0.0154. The van der Waals surface area contributed by atoms with Crippen molar-refractivity contribution in [1.82, 2.24) is 9.97 Å². The lowest BCUT2D eigenvalue weighted by molar-refractivity contribution is 0.669. The van der Waals surface area contributed by atoms with Gasteiger partial charge in [0, 0.05) is 27.5 Å². The van der Waals surface area contributed by atoms with Crippen molar-refractivity contribution in [2.24, 2.45) is 0 Å². The zero-order chi connectivity index (χ0) is 45.0. The van der Waals surface area contributed by atoms with E-state index in [4.69, 9.17) is 14.4 Å². The Morgan fingerprint density at radius 3 is 1.57 bits per heavy atom. The molecule has 12 aromatic rings. The third-order valence-corrected chi connectivity index (χ3v) is 13.8. The molecule has 0 amide bonds. The summed E-state index contributed by atoms with van der Waals surface area (Å²) < 4.78 is 6.19. The van der Waals surface area contributed by atoms with Gasteiger partial charge in [0.15, 0.2) is 5.82 Å². The van der Waals surface area contributed by atoms with E-state index in [1.165, 1.54) is 38.9 Å². The molecule has 2 heterocycles. The van der Waals surface area contributed by atoms with Crippen molar-refractivity contribution < 1.29 is 4.42 Å². The third kappa shape index (κ3) is 6.51. The Morgan fingerprint density at radius 1 is 0.294 bits per heavy atom. The molecule has 1 aliphatic rings. The van der Waals surface area contributed by atoms with Crippen molar-refractivity contribution in [2.45, 2.75) is 5.41 Å². The van der Waals surface area contributed by atoms with Crippen molar-refractivity contribution in [3.8, 4) is 78.4 Å². The lowest BCUT2D eigenvalue weighted by Gasteiger charge is -2.34. The predicted molar refractivity (Wildman–Crippen MR) is 279 cm³/mol. The van der Waals surface area contributed by atoms with Gasteiger partial charge in [-0.2, -0.15) is 0 Å². The zero-order valence-electron chi connectivity index (χ0n) is 37.1. The number of hydrogen-bond acceptors (Lipinski definition) is 3. The van der Waals surface area contributed by atoms with Gasteiger partial charge in [0.1, 0.15) is 11.2 Å². The summed E-state index contributed by atoms with van der Waals surface area (Å²) in [5, 5.41) is 2.22. The summed E-state index contributed by atoms with van der Waals surface area (Å²) in [4.78, 5) is 10.7. The number of para-hydroxylation sites is 1. The Hall–Kier alpha value is -8.92. The molecule has 10 aromatic carbocycles. The zero-order valence-corrected chi connectivity index (χ0v) is 37.1. The van der Waals surface area contributed by atoms with E-state index in [1.54, 1.807) is 0 Å². The average Bonchev–Trinajstić information content (AvgIpc) is 3.95. The highest BCUT2D eigenvalue weighted by Crippen LogP contribution is 2.58. The van der Waals surface area contributed by atoms with Gasteiger partial charge in [0.2, 0.25) is 0 Å². The first-order valence-electron chi connectivity index (χ1n) is 23.2. The fourth-order valence-electron chi connectivity index (χ4n) is 10.7. The highest BCUT2D eigenvalue weighted by molar-refractivity contribution is 6.06. The van der Waals surface area contributed by atoms with Crippen molar-refractivity contribution >= 4 is 21.9 Å². The van der Waals surface area contributed by atoms with Crippen LogP contribution in [-0.2, 0) is 5.41 Å². The molecule has 0 atom stereocenters. The van der Waals surface area contributed by atoms with E-state index in [1.807, 2.05) is 30.3 Å². The van der Waals surface area contributed by atoms with Crippen LogP contribution in [0.25, 0.3) is 100 Å². The Morgan fingerprint density at radius 2 is 0.809 bits per heavy atom. The van der Waals surface area contributed by atoms with Gasteiger partial charge < -0.3 is 4.42 Å². The quantitative estimate of drug-likeness (QED) is 0.153. The van der Waals surface area contributed by atoms with Crippen LogP contribution in [0.2, 0.25) is 0 Å². The number of rotatable bonds is 8. The van der Waals surface area contributed by atoms with E-state index in [0.717, 1.165) is 77.8 Å². The van der Waals surface area contributed by atoms with Crippen LogP contribution in [0.3, 0.4) is 0 Å². The molecule has 3 heteroatoms. The number of benzene rings is 10. The highest BCUT2D eigenvalue weighted by Gasteiger charge is 2.46. The van der Waals surface area contributed by atoms with Crippen LogP contribution in [0, 0.1) is 0 Å². The summed E-state index contributed by atoms with van der Waals surface area (Å²) in [6.45, 7) is 0. The molecule has 13 rings (SSSR count). The van der Waals surface area contributed by atoms with Crippen molar-refractivity contribution in [3.05, 3.63) is 277 Å². The molecule has 318 valence electrons. The molecule has 68 heavy (non-hydrogen) atoms. The van der Waals surface area contributed by atoms with Crippen molar-refractivity contribution in [2.75, 3.05) is 0 Å². The number of fused-ring (bicyclic) bond motifs is 6. The van der Waals surface area contributed by atoms with Crippen LogP contribution in [-0.4, -0.2) is 9.97 Å². The summed E-state index contributed by atoms with van der Waals surface area (Å²) in [6.07, 6.45) is 0. The van der Waals surface area contributed by atoms with Crippen molar-refractivity contribution in [1.29, 1.82) is 0 Å². The lowest BCUT2D eigenvalue weighted by Crippen LogP contribution is -2.28. The molecule has 0 unspecified atom stereocenters.